The number of hydrogen-bond donors (Lipinski definition) is 3. The van der Waals surface area contributed by atoms with E-state index in [1.807, 2.05) is 6.07 Å². The largest absolute Gasteiger partial charge is 0.493 e. The molecule has 0 aliphatic carbocycles. The number of amides is 3. The Kier molecular flexibility index (Phi) is 12.5. The Labute approximate surface area is 288 Å². The van der Waals surface area contributed by atoms with Gasteiger partial charge in [-0.25, -0.2) is 15.0 Å². The number of nitrogens with one attached hydrogen (secondary N) is 3. The zero-order valence-electron chi connectivity index (χ0n) is 27.9. The summed E-state index contributed by atoms with van der Waals surface area (Å²) in [6.07, 6.45) is 3.58. The van der Waals surface area contributed by atoms with Crippen LogP contribution in [0, 0.1) is 10.1 Å². The molecule has 0 aromatic heterocycles. The number of rotatable bonds is 16. The van der Waals surface area contributed by atoms with Crippen molar-refractivity contribution in [1.82, 2.24) is 16.1 Å². The van der Waals surface area contributed by atoms with Crippen LogP contribution in [0.3, 0.4) is 0 Å². The lowest BCUT2D eigenvalue weighted by molar-refractivity contribution is -0.384. The number of nitrogens with zero attached hydrogens (tertiary/aromatic N) is 2. The van der Waals surface area contributed by atoms with Gasteiger partial charge in [-0.2, -0.15) is 5.10 Å². The molecule has 0 radical (unpaired) electrons. The third-order valence-electron chi connectivity index (χ3n) is 7.32. The van der Waals surface area contributed by atoms with Gasteiger partial charge in [-0.05, 0) is 73.4 Å². The molecular formula is C35H37N5O10. The minimum atomic E-state index is -0.801. The van der Waals surface area contributed by atoms with Crippen LogP contribution in [0.15, 0.2) is 83.6 Å². The molecule has 1 aliphatic heterocycles. The molecule has 0 saturated carbocycles. The standard InChI is InChI=1S/C35H37N5O10/c1-6-8-25-15-23(16-29(47-5)33(25)50-19-22-9-12-26(13-10-22)40(44)45)18-36-39-30(41)20-49-27-14-11-24(17-28(27)46-4)32-31(34(42)48-7-2)21(3)37-35(43)38-32/h6,9-18,32H,1,7-8,19-20H2,2-5H3,(H,39,41)(H2,37,38,43)/b36-18-/t32-/m1/s1. The minimum absolute atomic E-state index is 0.0141. The molecule has 1 heterocycles. The first-order chi connectivity index (χ1) is 24.1. The van der Waals surface area contributed by atoms with Gasteiger partial charge >= 0.3 is 12.0 Å². The van der Waals surface area contributed by atoms with Crippen molar-refractivity contribution in [3.8, 4) is 23.0 Å². The van der Waals surface area contributed by atoms with E-state index in [-0.39, 0.29) is 36.0 Å². The minimum Gasteiger partial charge on any atom is -0.493 e. The Hall–Kier alpha value is -6.38. The molecule has 0 saturated heterocycles. The summed E-state index contributed by atoms with van der Waals surface area (Å²) in [4.78, 5) is 47.9. The molecule has 0 spiro atoms. The lowest BCUT2D eigenvalue weighted by atomic mass is 9.95. The topological polar surface area (TPSA) is 189 Å². The van der Waals surface area contributed by atoms with Crippen molar-refractivity contribution in [3.63, 3.8) is 0 Å². The molecule has 1 aliphatic rings. The third-order valence-corrected chi connectivity index (χ3v) is 7.32. The number of nitro benzene ring substituents is 1. The van der Waals surface area contributed by atoms with E-state index in [1.165, 1.54) is 32.6 Å². The summed E-state index contributed by atoms with van der Waals surface area (Å²) >= 11 is 0. The van der Waals surface area contributed by atoms with Crippen LogP contribution in [0.2, 0.25) is 0 Å². The van der Waals surface area contributed by atoms with Crippen molar-refractivity contribution in [2.45, 2.75) is 32.9 Å². The van der Waals surface area contributed by atoms with Crippen molar-refractivity contribution in [1.29, 1.82) is 0 Å². The highest BCUT2D eigenvalue weighted by molar-refractivity contribution is 5.95. The number of urea groups is 1. The Morgan fingerprint density at radius 3 is 2.44 bits per heavy atom. The van der Waals surface area contributed by atoms with Crippen LogP contribution in [-0.2, 0) is 27.4 Å². The fourth-order valence-electron chi connectivity index (χ4n) is 5.01. The summed E-state index contributed by atoms with van der Waals surface area (Å²) < 4.78 is 27.9. The third kappa shape index (κ3) is 9.15. The fourth-order valence-corrected chi connectivity index (χ4v) is 5.01. The second-order valence-corrected chi connectivity index (χ2v) is 10.7. The van der Waals surface area contributed by atoms with Gasteiger partial charge in [-0.1, -0.05) is 12.1 Å². The molecular weight excluding hydrogens is 650 g/mol. The highest BCUT2D eigenvalue weighted by Crippen LogP contribution is 2.35. The number of nitro groups is 1. The summed E-state index contributed by atoms with van der Waals surface area (Å²) in [5.74, 6) is 0.288. The van der Waals surface area contributed by atoms with E-state index in [1.54, 1.807) is 56.3 Å². The molecule has 3 aromatic carbocycles. The van der Waals surface area contributed by atoms with Gasteiger partial charge in [-0.15, -0.1) is 6.58 Å². The van der Waals surface area contributed by atoms with Gasteiger partial charge in [0.25, 0.3) is 11.6 Å². The maximum atomic E-state index is 12.7. The van der Waals surface area contributed by atoms with Crippen LogP contribution in [0.1, 0.15) is 42.1 Å². The van der Waals surface area contributed by atoms with Crippen LogP contribution in [0.5, 0.6) is 23.0 Å². The Bertz CT molecular complexity index is 1820. The highest BCUT2D eigenvalue weighted by Gasteiger charge is 2.32. The van der Waals surface area contributed by atoms with Gasteiger partial charge in [0.2, 0.25) is 0 Å². The number of esters is 1. The number of non-ortho nitro benzene ring substituents is 1. The average molecular weight is 688 g/mol. The molecule has 1 atom stereocenters. The Morgan fingerprint density at radius 1 is 1.04 bits per heavy atom. The Morgan fingerprint density at radius 2 is 1.78 bits per heavy atom. The van der Waals surface area contributed by atoms with E-state index < -0.39 is 35.5 Å². The van der Waals surface area contributed by atoms with Crippen molar-refractivity contribution < 1.29 is 43.0 Å². The molecule has 262 valence electrons. The zero-order valence-corrected chi connectivity index (χ0v) is 27.9. The summed E-state index contributed by atoms with van der Waals surface area (Å²) in [6.45, 7) is 7.02. The predicted octanol–water partition coefficient (Wildman–Crippen LogP) is 4.64. The van der Waals surface area contributed by atoms with Crippen molar-refractivity contribution >= 4 is 29.8 Å². The quantitative estimate of drug-likeness (QED) is 0.0629. The maximum absolute atomic E-state index is 12.7. The van der Waals surface area contributed by atoms with Crippen LogP contribution < -0.4 is 35.0 Å². The molecule has 0 bridgehead atoms. The maximum Gasteiger partial charge on any atom is 0.338 e. The highest BCUT2D eigenvalue weighted by atomic mass is 16.6. The number of hydrogen-bond acceptors (Lipinski definition) is 11. The van der Waals surface area contributed by atoms with E-state index in [0.717, 1.165) is 11.1 Å². The molecule has 3 N–H and O–H groups in total. The monoisotopic (exact) mass is 687 g/mol. The van der Waals surface area contributed by atoms with Gasteiger partial charge in [-0.3, -0.25) is 14.9 Å². The van der Waals surface area contributed by atoms with E-state index in [2.05, 4.69) is 27.7 Å². The van der Waals surface area contributed by atoms with Crippen molar-refractivity contribution in [3.05, 3.63) is 111 Å². The molecule has 3 aromatic rings. The summed E-state index contributed by atoms with van der Waals surface area (Å²) in [6, 6.07) is 13.1. The van der Waals surface area contributed by atoms with Crippen molar-refractivity contribution in [2.24, 2.45) is 5.10 Å². The van der Waals surface area contributed by atoms with Gasteiger partial charge in [0.15, 0.2) is 29.6 Å². The van der Waals surface area contributed by atoms with Crippen LogP contribution in [0.25, 0.3) is 0 Å². The van der Waals surface area contributed by atoms with Gasteiger partial charge < -0.3 is 34.3 Å². The predicted molar refractivity (Wildman–Crippen MR) is 182 cm³/mol. The number of ether oxygens (including phenoxy) is 5. The first-order valence-electron chi connectivity index (χ1n) is 15.3. The summed E-state index contributed by atoms with van der Waals surface area (Å²) in [5, 5.41) is 20.3. The fraction of sp³-hybridized carbons (Fsp3) is 0.257. The normalized spacial score (nSPS) is 13.9. The second-order valence-electron chi connectivity index (χ2n) is 10.7. The number of hydrazone groups is 1. The number of carbonyl (C=O) groups excluding carboxylic acids is 3. The molecule has 0 fully saturated rings. The van der Waals surface area contributed by atoms with E-state index in [4.69, 9.17) is 23.7 Å². The van der Waals surface area contributed by atoms with Crippen LogP contribution >= 0.6 is 0 Å². The lowest BCUT2D eigenvalue weighted by Gasteiger charge is -2.28. The van der Waals surface area contributed by atoms with Crippen molar-refractivity contribution in [2.75, 3.05) is 27.4 Å². The smallest absolute Gasteiger partial charge is 0.338 e. The molecule has 50 heavy (non-hydrogen) atoms. The number of allylic oxidation sites excluding steroid dienone is 2. The van der Waals surface area contributed by atoms with E-state index in [9.17, 15) is 24.5 Å². The molecule has 4 rings (SSSR count). The Balaban J connectivity index is 1.40. The average Bonchev–Trinajstić information content (AvgIpc) is 3.10. The SMILES string of the molecule is C=CCc1cc(/C=N\NC(=O)COc2ccc([C@H]3NC(=O)NC(C)=C3C(=O)OCC)cc2OC)cc(OC)c1OCc1ccc([N+](=O)[O-])cc1. The van der Waals surface area contributed by atoms with E-state index in [0.29, 0.717) is 34.7 Å². The first kappa shape index (κ1) is 36.5. The lowest BCUT2D eigenvalue weighted by Crippen LogP contribution is -2.45. The van der Waals surface area contributed by atoms with Gasteiger partial charge in [0.1, 0.15) is 6.61 Å². The summed E-state index contributed by atoms with van der Waals surface area (Å²) in [5.41, 5.74) is 5.64. The number of carbonyl (C=O) groups is 3. The molecule has 15 heteroatoms. The first-order valence-corrected chi connectivity index (χ1v) is 15.3. The van der Waals surface area contributed by atoms with Gasteiger partial charge in [0.05, 0.1) is 43.6 Å². The number of methoxy groups -OCH3 is 2. The number of benzene rings is 3. The van der Waals surface area contributed by atoms with Crippen LogP contribution in [-0.4, -0.2) is 56.5 Å². The van der Waals surface area contributed by atoms with Crippen LogP contribution in [0.4, 0.5) is 10.5 Å². The van der Waals surface area contributed by atoms with E-state index >= 15 is 0 Å². The molecule has 15 nitrogen and oxygen atoms in total. The zero-order chi connectivity index (χ0) is 36.2. The summed E-state index contributed by atoms with van der Waals surface area (Å²) in [7, 11) is 2.91. The molecule has 0 unspecified atom stereocenters. The molecule has 3 amide bonds. The van der Waals surface area contributed by atoms with Gasteiger partial charge in [0, 0.05) is 23.4 Å². The second kappa shape index (κ2) is 17.1.